The van der Waals surface area contributed by atoms with Gasteiger partial charge in [0.25, 0.3) is 5.91 Å². The van der Waals surface area contributed by atoms with Crippen molar-refractivity contribution in [3.05, 3.63) is 70.2 Å². The largest absolute Gasteiger partial charge is 0.396 e. The zero-order valence-corrected chi connectivity index (χ0v) is 20.3. The molecule has 4 N–H and O–H groups in total. The van der Waals surface area contributed by atoms with Gasteiger partial charge in [0.05, 0.1) is 6.61 Å². The highest BCUT2D eigenvalue weighted by atomic mass is 127. The molecule has 2 aromatic rings. The van der Waals surface area contributed by atoms with Crippen LogP contribution in [0.1, 0.15) is 28.3 Å². The molecule has 0 aromatic heterocycles. The van der Waals surface area contributed by atoms with Crippen LogP contribution in [0.15, 0.2) is 64.1 Å². The Morgan fingerprint density at radius 2 is 1.79 bits per heavy atom. The van der Waals surface area contributed by atoms with Crippen molar-refractivity contribution in [2.75, 3.05) is 33.3 Å². The van der Waals surface area contributed by atoms with E-state index in [1.165, 1.54) is 0 Å². The van der Waals surface area contributed by atoms with Crippen LogP contribution in [0.4, 0.5) is 0 Å². The lowest BCUT2D eigenvalue weighted by Crippen LogP contribution is -2.41. The first-order valence-electron chi connectivity index (χ1n) is 9.28. The van der Waals surface area contributed by atoms with Gasteiger partial charge in [-0.25, -0.2) is 0 Å². The van der Waals surface area contributed by atoms with E-state index in [4.69, 9.17) is 0 Å². The van der Waals surface area contributed by atoms with E-state index >= 15 is 0 Å². The van der Waals surface area contributed by atoms with E-state index in [2.05, 4.69) is 36.9 Å². The van der Waals surface area contributed by atoms with Crippen LogP contribution < -0.4 is 16.0 Å². The molecule has 1 amide bonds. The molecule has 0 aliphatic carbocycles. The minimum Gasteiger partial charge on any atom is -0.396 e. The molecule has 0 saturated heterocycles. The van der Waals surface area contributed by atoms with Gasteiger partial charge in [-0.2, -0.15) is 0 Å². The van der Waals surface area contributed by atoms with E-state index in [-0.39, 0.29) is 42.4 Å². The quantitative estimate of drug-likeness (QED) is 0.160. The number of nitrogens with one attached hydrogen (secondary N) is 3. The molecule has 2 rings (SSSR count). The third-order valence-corrected chi connectivity index (χ3v) is 4.74. The standard InChI is InChI=1S/C21H27BrN4O2.HI/c1-23-21(26-14-18(15-27)16-7-3-2-4-8-16)25-12-6-11-24-20(28)17-9-5-10-19(22)13-17;/h2-5,7-10,13,18,27H,6,11-12,14-15H2,1H3,(H,24,28)(H2,23,25,26);1H. The Morgan fingerprint density at radius 1 is 1.07 bits per heavy atom. The number of carbonyl (C=O) groups excluding carboxylic acids is 1. The number of aliphatic hydroxyl groups excluding tert-OH is 1. The molecule has 0 aliphatic heterocycles. The highest BCUT2D eigenvalue weighted by molar-refractivity contribution is 14.0. The summed E-state index contributed by atoms with van der Waals surface area (Å²) in [6, 6.07) is 17.2. The maximum Gasteiger partial charge on any atom is 0.251 e. The van der Waals surface area contributed by atoms with Crippen LogP contribution in [-0.4, -0.2) is 50.3 Å². The SMILES string of the molecule is CN=C(NCCCNC(=O)c1cccc(Br)c1)NCC(CO)c1ccccc1.I. The average Bonchev–Trinajstić information content (AvgIpc) is 2.73. The third-order valence-electron chi connectivity index (χ3n) is 4.25. The summed E-state index contributed by atoms with van der Waals surface area (Å²) in [7, 11) is 1.71. The molecule has 6 nitrogen and oxygen atoms in total. The molecular formula is C21H28BrIN4O2. The van der Waals surface area contributed by atoms with Crippen molar-refractivity contribution in [1.29, 1.82) is 0 Å². The lowest BCUT2D eigenvalue weighted by molar-refractivity contribution is 0.0953. The van der Waals surface area contributed by atoms with Crippen LogP contribution >= 0.6 is 39.9 Å². The van der Waals surface area contributed by atoms with Gasteiger partial charge < -0.3 is 21.1 Å². The summed E-state index contributed by atoms with van der Waals surface area (Å²) in [5.74, 6) is 0.592. The van der Waals surface area contributed by atoms with E-state index < -0.39 is 0 Å². The first-order valence-corrected chi connectivity index (χ1v) is 10.1. The van der Waals surface area contributed by atoms with Gasteiger partial charge >= 0.3 is 0 Å². The van der Waals surface area contributed by atoms with Crippen molar-refractivity contribution in [3.63, 3.8) is 0 Å². The van der Waals surface area contributed by atoms with Crippen LogP contribution in [0.25, 0.3) is 0 Å². The van der Waals surface area contributed by atoms with Crippen LogP contribution in [0, 0.1) is 0 Å². The monoisotopic (exact) mass is 574 g/mol. The van der Waals surface area contributed by atoms with E-state index in [9.17, 15) is 9.90 Å². The number of benzene rings is 2. The van der Waals surface area contributed by atoms with Gasteiger partial charge in [0.1, 0.15) is 0 Å². The molecule has 0 fully saturated rings. The van der Waals surface area contributed by atoms with E-state index in [0.717, 1.165) is 16.5 Å². The Bertz CT molecular complexity index is 774. The van der Waals surface area contributed by atoms with E-state index in [1.54, 1.807) is 19.2 Å². The summed E-state index contributed by atoms with van der Waals surface area (Å²) in [4.78, 5) is 16.3. The maximum atomic E-state index is 12.1. The molecule has 8 heteroatoms. The second-order valence-electron chi connectivity index (χ2n) is 6.29. The number of carbonyl (C=O) groups is 1. The van der Waals surface area contributed by atoms with Gasteiger partial charge in [-0.15, -0.1) is 24.0 Å². The van der Waals surface area contributed by atoms with Crippen LogP contribution in [-0.2, 0) is 0 Å². The van der Waals surface area contributed by atoms with Crippen molar-refractivity contribution in [3.8, 4) is 0 Å². The van der Waals surface area contributed by atoms with Crippen LogP contribution in [0.2, 0.25) is 0 Å². The van der Waals surface area contributed by atoms with Crippen molar-refractivity contribution < 1.29 is 9.90 Å². The number of amides is 1. The molecule has 1 atom stereocenters. The Labute approximate surface area is 197 Å². The lowest BCUT2D eigenvalue weighted by atomic mass is 10.0. The topological polar surface area (TPSA) is 85.8 Å². The average molecular weight is 575 g/mol. The predicted octanol–water partition coefficient (Wildman–Crippen LogP) is 3.13. The van der Waals surface area contributed by atoms with Gasteiger partial charge in [0.15, 0.2) is 5.96 Å². The summed E-state index contributed by atoms with van der Waals surface area (Å²) < 4.78 is 0.883. The Kier molecular flexibility index (Phi) is 12.6. The number of halogens is 2. The predicted molar refractivity (Wildman–Crippen MR) is 132 cm³/mol. The van der Waals surface area contributed by atoms with E-state index in [0.29, 0.717) is 31.2 Å². The fourth-order valence-corrected chi connectivity index (χ4v) is 3.08. The van der Waals surface area contributed by atoms with Gasteiger partial charge in [0.2, 0.25) is 0 Å². The summed E-state index contributed by atoms with van der Waals surface area (Å²) in [6.45, 7) is 1.89. The van der Waals surface area contributed by atoms with Gasteiger partial charge in [-0.3, -0.25) is 9.79 Å². The van der Waals surface area contributed by atoms with Gasteiger partial charge in [-0.1, -0.05) is 52.3 Å². The molecule has 0 radical (unpaired) electrons. The van der Waals surface area contributed by atoms with Crippen LogP contribution in [0.5, 0.6) is 0 Å². The Morgan fingerprint density at radius 3 is 2.45 bits per heavy atom. The fraction of sp³-hybridized carbons (Fsp3) is 0.333. The van der Waals surface area contributed by atoms with Crippen molar-refractivity contribution >= 4 is 51.8 Å². The second-order valence-corrected chi connectivity index (χ2v) is 7.21. The smallest absolute Gasteiger partial charge is 0.251 e. The Hall–Kier alpha value is -1.65. The highest BCUT2D eigenvalue weighted by Gasteiger charge is 2.10. The molecule has 1 unspecified atom stereocenters. The summed E-state index contributed by atoms with van der Waals surface area (Å²) in [5.41, 5.74) is 1.72. The first kappa shape index (κ1) is 25.4. The minimum absolute atomic E-state index is 0. The van der Waals surface area contributed by atoms with Crippen molar-refractivity contribution in [2.45, 2.75) is 12.3 Å². The normalized spacial score (nSPS) is 11.9. The molecule has 29 heavy (non-hydrogen) atoms. The first-order chi connectivity index (χ1) is 13.6. The van der Waals surface area contributed by atoms with Crippen LogP contribution in [0.3, 0.4) is 0 Å². The van der Waals surface area contributed by atoms with Gasteiger partial charge in [-0.05, 0) is 30.2 Å². The summed E-state index contributed by atoms with van der Waals surface area (Å²) >= 11 is 3.37. The van der Waals surface area contributed by atoms with Crippen molar-refractivity contribution in [2.24, 2.45) is 4.99 Å². The molecular weight excluding hydrogens is 547 g/mol. The minimum atomic E-state index is -0.0857. The molecule has 0 saturated carbocycles. The number of hydrogen-bond donors (Lipinski definition) is 4. The number of guanidine groups is 1. The second kappa shape index (κ2) is 14.4. The Balaban J connectivity index is 0.00000420. The zero-order chi connectivity index (χ0) is 20.2. The molecule has 0 heterocycles. The summed E-state index contributed by atoms with van der Waals surface area (Å²) in [5, 5.41) is 19.0. The molecule has 0 bridgehead atoms. The van der Waals surface area contributed by atoms with Gasteiger partial charge in [0, 0.05) is 42.6 Å². The lowest BCUT2D eigenvalue weighted by Gasteiger charge is -2.18. The highest BCUT2D eigenvalue weighted by Crippen LogP contribution is 2.13. The zero-order valence-electron chi connectivity index (χ0n) is 16.4. The summed E-state index contributed by atoms with van der Waals surface area (Å²) in [6.07, 6.45) is 0.766. The number of aliphatic hydroxyl groups is 1. The van der Waals surface area contributed by atoms with E-state index in [1.807, 2.05) is 42.5 Å². The molecule has 0 spiro atoms. The number of nitrogens with zero attached hydrogens (tertiary/aromatic N) is 1. The molecule has 2 aromatic carbocycles. The van der Waals surface area contributed by atoms with Crippen molar-refractivity contribution in [1.82, 2.24) is 16.0 Å². The number of hydrogen-bond acceptors (Lipinski definition) is 3. The fourth-order valence-electron chi connectivity index (χ4n) is 2.68. The molecule has 0 aliphatic rings. The molecule has 158 valence electrons. The number of aliphatic imine (C=N–C) groups is 1. The maximum absolute atomic E-state index is 12.1. The third kappa shape index (κ3) is 9.14. The number of rotatable bonds is 9.